The molecule has 1 aromatic heterocycles. The van der Waals surface area contributed by atoms with E-state index in [1.54, 1.807) is 6.07 Å². The van der Waals surface area contributed by atoms with E-state index < -0.39 is 45.8 Å². The van der Waals surface area contributed by atoms with Gasteiger partial charge in [0.1, 0.15) is 24.2 Å². The zero-order chi connectivity index (χ0) is 32.2. The van der Waals surface area contributed by atoms with Gasteiger partial charge < -0.3 is 18.7 Å². The summed E-state index contributed by atoms with van der Waals surface area (Å²) in [5.41, 5.74) is 1.65. The molecule has 1 aliphatic rings. The van der Waals surface area contributed by atoms with Crippen molar-refractivity contribution < 1.29 is 28.4 Å². The highest BCUT2D eigenvalue weighted by molar-refractivity contribution is 6.78. The second kappa shape index (κ2) is 14.4. The van der Waals surface area contributed by atoms with Crippen molar-refractivity contribution in [2.75, 3.05) is 0 Å². The zero-order valence-corrected chi connectivity index (χ0v) is 29.5. The van der Waals surface area contributed by atoms with E-state index in [-0.39, 0.29) is 50.3 Å². The van der Waals surface area contributed by atoms with Gasteiger partial charge in [0.25, 0.3) is 5.69 Å². The van der Waals surface area contributed by atoms with Crippen LogP contribution in [0.2, 0.25) is 33.2 Å². The fraction of sp³-hybridized carbons (Fsp3) is 0.677. The average molecular weight is 621 g/mol. The molecule has 0 radical (unpaired) electrons. The number of carbonyl (C=O) groups is 1. The fourth-order valence-corrected chi connectivity index (χ4v) is 18.5. The third kappa shape index (κ3) is 7.23. The standard InChI is InChI=1S/C31H52N2O7Si2/c1-19(2)41(20(3)4,21(5)6)39-29-17-28(25-15-16-32-18-26(25)33(36)37)38-27(13-14-30(34)35)31(29)40-42(22(7)8,23(9)10)24(11)12/h13-24,27,29,31H,1-12H3,(H,34,35)/t27-,29-,31-/m1/s1. The molecule has 0 aliphatic carbocycles. The summed E-state index contributed by atoms with van der Waals surface area (Å²) in [7, 11) is -5.02. The molecule has 9 nitrogen and oxygen atoms in total. The van der Waals surface area contributed by atoms with Gasteiger partial charge in [-0.15, -0.1) is 0 Å². The lowest BCUT2D eigenvalue weighted by molar-refractivity contribution is -0.385. The van der Waals surface area contributed by atoms with Crippen molar-refractivity contribution in [3.05, 3.63) is 52.4 Å². The number of carboxylic acids is 1. The Bertz CT molecular complexity index is 1100. The minimum Gasteiger partial charge on any atom is -0.483 e. The van der Waals surface area contributed by atoms with Gasteiger partial charge in [0, 0.05) is 12.3 Å². The lowest BCUT2D eigenvalue weighted by atomic mass is 10.0. The minimum absolute atomic E-state index is 0.196. The van der Waals surface area contributed by atoms with Crippen LogP contribution in [0.5, 0.6) is 0 Å². The topological polar surface area (TPSA) is 121 Å². The molecule has 2 rings (SSSR count). The molecule has 0 saturated carbocycles. The number of hydrogen-bond acceptors (Lipinski definition) is 7. The third-order valence-corrected chi connectivity index (χ3v) is 21.2. The summed E-state index contributed by atoms with van der Waals surface area (Å²) in [6, 6.07) is 1.55. The highest BCUT2D eigenvalue weighted by Gasteiger charge is 2.53. The number of aliphatic carboxylic acids is 1. The molecular formula is C31H52N2O7Si2. The van der Waals surface area contributed by atoms with E-state index in [0.717, 1.165) is 6.08 Å². The summed E-state index contributed by atoms with van der Waals surface area (Å²) in [6.45, 7) is 26.4. The van der Waals surface area contributed by atoms with Crippen LogP contribution in [0.1, 0.15) is 88.6 Å². The predicted molar refractivity (Wildman–Crippen MR) is 172 cm³/mol. The average Bonchev–Trinajstić information content (AvgIpc) is 2.88. The van der Waals surface area contributed by atoms with Gasteiger partial charge in [0.05, 0.1) is 16.6 Å². The molecule has 2 heterocycles. The number of nitrogens with zero attached hydrogens (tertiary/aromatic N) is 2. The summed E-state index contributed by atoms with van der Waals surface area (Å²) in [5.74, 6) is -0.852. The zero-order valence-electron chi connectivity index (χ0n) is 27.5. The van der Waals surface area contributed by atoms with E-state index in [1.807, 2.05) is 6.08 Å². The Labute approximate surface area is 254 Å². The Morgan fingerprint density at radius 3 is 1.83 bits per heavy atom. The van der Waals surface area contributed by atoms with Crippen molar-refractivity contribution in [1.29, 1.82) is 0 Å². The first-order valence-electron chi connectivity index (χ1n) is 15.2. The van der Waals surface area contributed by atoms with E-state index in [0.29, 0.717) is 0 Å². The molecule has 236 valence electrons. The maximum absolute atomic E-state index is 12.0. The first kappa shape index (κ1) is 35.8. The number of aromatic nitrogens is 1. The van der Waals surface area contributed by atoms with Gasteiger partial charge in [-0.3, -0.25) is 15.1 Å². The van der Waals surface area contributed by atoms with E-state index >= 15 is 0 Å². The quantitative estimate of drug-likeness (QED) is 0.0951. The van der Waals surface area contributed by atoms with Crippen molar-refractivity contribution in [3.63, 3.8) is 0 Å². The summed E-state index contributed by atoms with van der Waals surface area (Å²) in [6.07, 6.45) is 4.95. The van der Waals surface area contributed by atoms with Gasteiger partial charge in [0.15, 0.2) is 0 Å². The number of pyridine rings is 1. The highest BCUT2D eigenvalue weighted by Crippen LogP contribution is 2.48. The van der Waals surface area contributed by atoms with Crippen LogP contribution in [-0.4, -0.2) is 55.9 Å². The Morgan fingerprint density at radius 1 is 0.929 bits per heavy atom. The van der Waals surface area contributed by atoms with Crippen LogP contribution < -0.4 is 0 Å². The molecule has 11 heteroatoms. The van der Waals surface area contributed by atoms with Crippen LogP contribution in [0.15, 0.2) is 36.7 Å². The van der Waals surface area contributed by atoms with Gasteiger partial charge >= 0.3 is 5.97 Å². The van der Waals surface area contributed by atoms with Gasteiger partial charge in [0.2, 0.25) is 16.6 Å². The molecule has 1 aliphatic heterocycles. The number of hydrogen-bond donors (Lipinski definition) is 1. The third-order valence-electron chi connectivity index (χ3n) is 9.01. The minimum atomic E-state index is -2.52. The Balaban J connectivity index is 2.94. The molecule has 1 N–H and O–H groups in total. The number of ether oxygens (including phenoxy) is 1. The largest absolute Gasteiger partial charge is 0.483 e. The molecule has 0 saturated heterocycles. The number of nitro groups is 1. The molecule has 1 aromatic rings. The molecule has 0 spiro atoms. The Hall–Kier alpha value is -2.35. The van der Waals surface area contributed by atoms with E-state index in [2.05, 4.69) is 88.1 Å². The summed E-state index contributed by atoms with van der Waals surface area (Å²) in [4.78, 5) is 27.1. The van der Waals surface area contributed by atoms with Gasteiger partial charge in [-0.1, -0.05) is 83.1 Å². The van der Waals surface area contributed by atoms with Gasteiger partial charge in [-0.05, 0) is 51.5 Å². The lowest BCUT2D eigenvalue weighted by Gasteiger charge is -2.51. The van der Waals surface area contributed by atoms with Crippen molar-refractivity contribution >= 4 is 34.1 Å². The van der Waals surface area contributed by atoms with Crippen molar-refractivity contribution in [1.82, 2.24) is 4.98 Å². The maximum Gasteiger partial charge on any atom is 0.328 e. The van der Waals surface area contributed by atoms with E-state index in [9.17, 15) is 20.0 Å². The number of rotatable bonds is 14. The molecule has 0 aromatic carbocycles. The fourth-order valence-electron chi connectivity index (χ4n) is 7.43. The second-order valence-electron chi connectivity index (χ2n) is 13.3. The van der Waals surface area contributed by atoms with Crippen molar-refractivity contribution in [2.45, 2.75) is 135 Å². The van der Waals surface area contributed by atoms with Crippen LogP contribution in [0.25, 0.3) is 5.76 Å². The van der Waals surface area contributed by atoms with Crippen LogP contribution in [-0.2, 0) is 18.4 Å². The Kier molecular flexibility index (Phi) is 12.3. The normalized spacial score (nSPS) is 20.3. The van der Waals surface area contributed by atoms with Crippen LogP contribution in [0.4, 0.5) is 5.69 Å². The van der Waals surface area contributed by atoms with Crippen LogP contribution >= 0.6 is 0 Å². The maximum atomic E-state index is 12.0. The van der Waals surface area contributed by atoms with E-state index in [1.165, 1.54) is 18.5 Å². The first-order chi connectivity index (χ1) is 19.4. The molecule has 3 atom stereocenters. The highest BCUT2D eigenvalue weighted by atomic mass is 28.4. The second-order valence-corrected chi connectivity index (χ2v) is 24.1. The van der Waals surface area contributed by atoms with Gasteiger partial charge in [-0.25, -0.2) is 4.79 Å². The first-order valence-corrected chi connectivity index (χ1v) is 19.4. The van der Waals surface area contributed by atoms with E-state index in [4.69, 9.17) is 13.6 Å². The molecule has 0 bridgehead atoms. The van der Waals surface area contributed by atoms with Crippen molar-refractivity contribution in [3.8, 4) is 0 Å². The van der Waals surface area contributed by atoms with Crippen LogP contribution in [0, 0.1) is 10.1 Å². The lowest BCUT2D eigenvalue weighted by Crippen LogP contribution is -2.59. The number of carboxylic acid groups (broad SMARTS) is 1. The molecular weight excluding hydrogens is 569 g/mol. The SMILES string of the molecule is CC(C)[Si](O[C@@H]1[C@@H](C=CC(=O)O)OC(c2ccncc2[N+](=O)[O-])=C[C@H]1O[Si](C(C)C)(C(C)C)C(C)C)(C(C)C)C(C)C. The van der Waals surface area contributed by atoms with Gasteiger partial charge in [-0.2, -0.15) is 0 Å². The Morgan fingerprint density at radius 2 is 1.40 bits per heavy atom. The summed E-state index contributed by atoms with van der Waals surface area (Å²) < 4.78 is 21.2. The predicted octanol–water partition coefficient (Wildman–Crippen LogP) is 8.49. The van der Waals surface area contributed by atoms with Crippen LogP contribution in [0.3, 0.4) is 0 Å². The molecule has 0 amide bonds. The summed E-state index contributed by atoms with van der Waals surface area (Å²) in [5, 5.41) is 21.6. The molecule has 42 heavy (non-hydrogen) atoms. The molecule has 0 fully saturated rings. The smallest absolute Gasteiger partial charge is 0.328 e. The van der Waals surface area contributed by atoms with Crippen molar-refractivity contribution in [2.24, 2.45) is 0 Å². The monoisotopic (exact) mass is 620 g/mol. The summed E-state index contributed by atoms with van der Waals surface area (Å²) >= 11 is 0. The molecule has 0 unspecified atom stereocenters.